The minimum absolute atomic E-state index is 0.202. The van der Waals surface area contributed by atoms with Crippen LogP contribution in [0.15, 0.2) is 22.7 Å². The van der Waals surface area contributed by atoms with Crippen LogP contribution in [-0.4, -0.2) is 74.9 Å². The van der Waals surface area contributed by atoms with Crippen LogP contribution in [0.1, 0.15) is 24.7 Å². The number of furan rings is 1. The van der Waals surface area contributed by atoms with E-state index < -0.39 is 24.2 Å². The fourth-order valence-electron chi connectivity index (χ4n) is 4.23. The Morgan fingerprint density at radius 3 is 2.73 bits per heavy atom. The molecule has 1 aliphatic rings. The highest BCUT2D eigenvalue weighted by atomic mass is 16.5. The number of rotatable bonds is 9. The number of nitrogens with one attached hydrogen (secondary N) is 2. The lowest BCUT2D eigenvalue weighted by Crippen LogP contribution is -2.35. The SMILES string of the molecule is CCOCCNc1nc(C)c(-c2cc3cc(C)ncc3o2)c(N[C@@H]2C[C@H](CO)[C@@H](O)[C@H]2O)n1. The molecule has 1 aliphatic carbocycles. The quantitative estimate of drug-likeness (QED) is 0.302. The van der Waals surface area contributed by atoms with Crippen LogP contribution in [0.3, 0.4) is 0 Å². The molecule has 10 heteroatoms. The second-order valence-electron chi connectivity index (χ2n) is 8.36. The van der Waals surface area contributed by atoms with Crippen molar-refractivity contribution in [2.75, 3.05) is 37.0 Å². The Morgan fingerprint density at radius 2 is 2.00 bits per heavy atom. The summed E-state index contributed by atoms with van der Waals surface area (Å²) in [6.07, 6.45) is 0.0342. The van der Waals surface area contributed by atoms with Gasteiger partial charge in [-0.25, -0.2) is 4.98 Å². The highest BCUT2D eigenvalue weighted by Crippen LogP contribution is 2.37. The van der Waals surface area contributed by atoms with Crippen molar-refractivity contribution in [1.29, 1.82) is 0 Å². The van der Waals surface area contributed by atoms with Crippen LogP contribution in [0, 0.1) is 19.8 Å². The first-order valence-electron chi connectivity index (χ1n) is 11.2. The van der Waals surface area contributed by atoms with E-state index >= 15 is 0 Å². The molecule has 33 heavy (non-hydrogen) atoms. The largest absolute Gasteiger partial charge is 0.454 e. The predicted molar refractivity (Wildman–Crippen MR) is 124 cm³/mol. The lowest BCUT2D eigenvalue weighted by molar-refractivity contribution is 0.00446. The molecule has 178 valence electrons. The lowest BCUT2D eigenvalue weighted by Gasteiger charge is -2.21. The Bertz CT molecular complexity index is 1100. The molecule has 0 aliphatic heterocycles. The molecule has 0 aromatic carbocycles. The number of hydrogen-bond acceptors (Lipinski definition) is 10. The third-order valence-electron chi connectivity index (χ3n) is 5.97. The van der Waals surface area contributed by atoms with Gasteiger partial charge in [0, 0.05) is 36.8 Å². The number of ether oxygens (including phenoxy) is 1. The first-order chi connectivity index (χ1) is 15.9. The molecule has 0 spiro atoms. The van der Waals surface area contributed by atoms with Gasteiger partial charge in [0.2, 0.25) is 5.95 Å². The second-order valence-corrected chi connectivity index (χ2v) is 8.36. The van der Waals surface area contributed by atoms with E-state index in [1.807, 2.05) is 32.9 Å². The smallest absolute Gasteiger partial charge is 0.224 e. The fourth-order valence-corrected chi connectivity index (χ4v) is 4.23. The summed E-state index contributed by atoms with van der Waals surface area (Å²) in [6, 6.07) is 3.37. The number of aliphatic hydroxyl groups is 3. The van der Waals surface area contributed by atoms with Crippen molar-refractivity contribution in [1.82, 2.24) is 15.0 Å². The molecular formula is C23H31N5O5. The van der Waals surface area contributed by atoms with Crippen LogP contribution in [0.4, 0.5) is 11.8 Å². The molecule has 10 nitrogen and oxygen atoms in total. The maximum absolute atomic E-state index is 10.5. The molecule has 4 rings (SSSR count). The highest BCUT2D eigenvalue weighted by Gasteiger charge is 2.41. The summed E-state index contributed by atoms with van der Waals surface area (Å²) < 4.78 is 11.4. The third kappa shape index (κ3) is 4.93. The number of aliphatic hydroxyl groups excluding tert-OH is 3. The molecule has 3 aromatic heterocycles. The number of fused-ring (bicyclic) bond motifs is 1. The van der Waals surface area contributed by atoms with E-state index in [-0.39, 0.29) is 6.61 Å². The summed E-state index contributed by atoms with van der Waals surface area (Å²) in [7, 11) is 0. The Balaban J connectivity index is 1.71. The van der Waals surface area contributed by atoms with E-state index in [4.69, 9.17) is 9.15 Å². The minimum Gasteiger partial charge on any atom is -0.454 e. The maximum atomic E-state index is 10.5. The second kappa shape index (κ2) is 10.0. The number of aromatic nitrogens is 3. The summed E-state index contributed by atoms with van der Waals surface area (Å²) >= 11 is 0. The van der Waals surface area contributed by atoms with Crippen LogP contribution < -0.4 is 10.6 Å². The van der Waals surface area contributed by atoms with E-state index in [2.05, 4.69) is 25.6 Å². The molecule has 3 aromatic rings. The monoisotopic (exact) mass is 457 g/mol. The fraction of sp³-hybridized carbons (Fsp3) is 0.522. The lowest BCUT2D eigenvalue weighted by atomic mass is 10.1. The van der Waals surface area contributed by atoms with Crippen LogP contribution in [0.5, 0.6) is 0 Å². The van der Waals surface area contributed by atoms with E-state index in [9.17, 15) is 15.3 Å². The van der Waals surface area contributed by atoms with Gasteiger partial charge in [-0.05, 0) is 39.3 Å². The molecule has 0 radical (unpaired) electrons. The van der Waals surface area contributed by atoms with E-state index in [1.54, 1.807) is 6.20 Å². The average molecular weight is 458 g/mol. The number of nitrogens with zero attached hydrogens (tertiary/aromatic N) is 3. The van der Waals surface area contributed by atoms with Crippen molar-refractivity contribution in [3.63, 3.8) is 0 Å². The van der Waals surface area contributed by atoms with E-state index in [0.29, 0.717) is 60.5 Å². The molecule has 0 amide bonds. The maximum Gasteiger partial charge on any atom is 0.224 e. The minimum atomic E-state index is -1.04. The van der Waals surface area contributed by atoms with Gasteiger partial charge in [0.15, 0.2) is 5.58 Å². The summed E-state index contributed by atoms with van der Waals surface area (Å²) in [5.41, 5.74) is 2.87. The molecule has 5 N–H and O–H groups in total. The summed E-state index contributed by atoms with van der Waals surface area (Å²) in [5.74, 6) is 1.05. The van der Waals surface area contributed by atoms with Crippen LogP contribution in [0.2, 0.25) is 0 Å². The molecule has 1 saturated carbocycles. The van der Waals surface area contributed by atoms with Gasteiger partial charge in [0.1, 0.15) is 17.7 Å². The number of hydrogen-bond donors (Lipinski definition) is 5. The van der Waals surface area contributed by atoms with Crippen LogP contribution in [0.25, 0.3) is 22.3 Å². The van der Waals surface area contributed by atoms with Gasteiger partial charge < -0.3 is 35.1 Å². The number of pyridine rings is 1. The molecule has 4 atom stereocenters. The predicted octanol–water partition coefficient (Wildman–Crippen LogP) is 1.86. The zero-order valence-electron chi connectivity index (χ0n) is 19.1. The van der Waals surface area contributed by atoms with Crippen LogP contribution >= 0.6 is 0 Å². The molecular weight excluding hydrogens is 426 g/mol. The molecule has 3 heterocycles. The van der Waals surface area contributed by atoms with Gasteiger partial charge in [-0.15, -0.1) is 0 Å². The first-order valence-corrected chi connectivity index (χ1v) is 11.2. The van der Waals surface area contributed by atoms with Crippen molar-refractivity contribution < 1.29 is 24.5 Å². The topological polar surface area (TPSA) is 146 Å². The normalized spacial score (nSPS) is 22.7. The Hall–Kier alpha value is -2.79. The standard InChI is InChI=1S/C23H31N5O5/c1-4-32-6-5-24-23-26-13(3)19(17-9-14-7-12(2)25-10-18(14)33-17)22(28-23)27-16-8-15(11-29)20(30)21(16)31/h7,9-10,15-16,20-21,29-31H,4-6,8,11H2,1-3H3,(H2,24,26,27,28)/t15-,16-,20-,21+/m1/s1. The van der Waals surface area contributed by atoms with Gasteiger partial charge in [-0.3, -0.25) is 4.98 Å². The van der Waals surface area contributed by atoms with Crippen molar-refractivity contribution >= 4 is 22.7 Å². The first kappa shape index (κ1) is 23.4. The van der Waals surface area contributed by atoms with Crippen molar-refractivity contribution in [2.45, 2.75) is 45.4 Å². The average Bonchev–Trinajstić information content (AvgIpc) is 3.31. The van der Waals surface area contributed by atoms with Gasteiger partial charge in [-0.1, -0.05) is 0 Å². The van der Waals surface area contributed by atoms with Gasteiger partial charge >= 0.3 is 0 Å². The van der Waals surface area contributed by atoms with E-state index in [0.717, 1.165) is 11.1 Å². The molecule has 1 fully saturated rings. The molecule has 0 unspecified atom stereocenters. The summed E-state index contributed by atoms with van der Waals surface area (Å²) in [6.45, 7) is 7.20. The highest BCUT2D eigenvalue weighted by molar-refractivity contribution is 5.86. The zero-order valence-corrected chi connectivity index (χ0v) is 19.1. The van der Waals surface area contributed by atoms with Gasteiger partial charge in [0.25, 0.3) is 0 Å². The molecule has 0 bridgehead atoms. The number of anilines is 2. The molecule has 0 saturated heterocycles. The Morgan fingerprint density at radius 1 is 1.18 bits per heavy atom. The van der Waals surface area contributed by atoms with Crippen LogP contribution in [-0.2, 0) is 4.74 Å². The van der Waals surface area contributed by atoms with Crippen molar-refractivity contribution in [3.8, 4) is 11.3 Å². The van der Waals surface area contributed by atoms with E-state index in [1.165, 1.54) is 0 Å². The van der Waals surface area contributed by atoms with Crippen molar-refractivity contribution in [2.24, 2.45) is 5.92 Å². The van der Waals surface area contributed by atoms with Crippen molar-refractivity contribution in [3.05, 3.63) is 29.7 Å². The third-order valence-corrected chi connectivity index (χ3v) is 5.97. The Kier molecular flexibility index (Phi) is 7.08. The van der Waals surface area contributed by atoms with Gasteiger partial charge in [-0.2, -0.15) is 4.98 Å². The summed E-state index contributed by atoms with van der Waals surface area (Å²) in [5, 5.41) is 37.7. The van der Waals surface area contributed by atoms with Gasteiger partial charge in [0.05, 0.1) is 36.2 Å². The number of aryl methyl sites for hydroxylation is 2. The zero-order chi connectivity index (χ0) is 23.5. The Labute approximate surface area is 192 Å². The summed E-state index contributed by atoms with van der Waals surface area (Å²) in [4.78, 5) is 13.5.